The van der Waals surface area contributed by atoms with E-state index in [0.717, 1.165) is 26.5 Å². The largest absolute Gasteiger partial charge is 0.497 e. The van der Waals surface area contributed by atoms with E-state index in [1.54, 1.807) is 24.5 Å². The third-order valence-electron chi connectivity index (χ3n) is 2.84. The van der Waals surface area contributed by atoms with E-state index in [2.05, 4.69) is 4.98 Å². The van der Waals surface area contributed by atoms with Crippen LogP contribution in [0.25, 0.3) is 20.8 Å². The Morgan fingerprint density at radius 2 is 2.05 bits per heavy atom. The van der Waals surface area contributed by atoms with Crippen molar-refractivity contribution in [2.45, 2.75) is 0 Å². The molecule has 3 nitrogen and oxygen atoms in total. The Balaban J connectivity index is 2.11. The highest BCUT2D eigenvalue weighted by atomic mass is 35.5. The topological polar surface area (TPSA) is 48.1 Å². The minimum atomic E-state index is 0.550. The number of fused-ring (bicyclic) bond motifs is 1. The van der Waals surface area contributed by atoms with Gasteiger partial charge >= 0.3 is 0 Å². The summed E-state index contributed by atoms with van der Waals surface area (Å²) < 4.78 is 6.30. The molecule has 0 fully saturated rings. The van der Waals surface area contributed by atoms with Crippen molar-refractivity contribution in [2.24, 2.45) is 0 Å². The van der Waals surface area contributed by atoms with Crippen LogP contribution in [0.1, 0.15) is 0 Å². The molecule has 0 bridgehead atoms. The lowest BCUT2D eigenvalue weighted by Gasteiger charge is -1.99. The fourth-order valence-corrected chi connectivity index (χ4v) is 2.99. The van der Waals surface area contributed by atoms with Gasteiger partial charge in [0.2, 0.25) is 0 Å². The number of nitrogens with two attached hydrogens (primary N) is 1. The van der Waals surface area contributed by atoms with E-state index < -0.39 is 0 Å². The number of hydrogen-bond donors (Lipinski definition) is 1. The number of nitrogen functional groups attached to an aromatic ring is 1. The number of benzene rings is 2. The molecule has 0 saturated heterocycles. The molecular formula is C14H11ClN2OS. The van der Waals surface area contributed by atoms with Gasteiger partial charge in [-0.2, -0.15) is 0 Å². The molecular weight excluding hydrogens is 280 g/mol. The first kappa shape index (κ1) is 12.3. The lowest BCUT2D eigenvalue weighted by atomic mass is 10.2. The van der Waals surface area contributed by atoms with Gasteiger partial charge in [0.05, 0.1) is 28.0 Å². The van der Waals surface area contributed by atoms with Crippen LogP contribution < -0.4 is 10.5 Å². The Morgan fingerprint density at radius 3 is 2.79 bits per heavy atom. The molecule has 1 heterocycles. The van der Waals surface area contributed by atoms with Gasteiger partial charge in [-0.1, -0.05) is 11.6 Å². The molecule has 2 aromatic carbocycles. The number of methoxy groups -OCH3 is 1. The number of aromatic nitrogens is 1. The molecule has 0 unspecified atom stereocenters. The van der Waals surface area contributed by atoms with Crippen LogP contribution in [0.2, 0.25) is 5.02 Å². The number of rotatable bonds is 2. The number of hydrogen-bond acceptors (Lipinski definition) is 4. The third-order valence-corrected chi connectivity index (χ3v) is 4.24. The molecule has 0 spiro atoms. The van der Waals surface area contributed by atoms with E-state index in [-0.39, 0.29) is 0 Å². The standard InChI is InChI=1S/C14H11ClN2OS/c1-18-9-3-5-12-13(7-9)19-14(17-12)8-2-4-11(16)10(15)6-8/h2-7H,16H2,1H3. The van der Waals surface area contributed by atoms with Crippen molar-refractivity contribution in [2.75, 3.05) is 12.8 Å². The maximum atomic E-state index is 6.04. The summed E-state index contributed by atoms with van der Waals surface area (Å²) in [7, 11) is 1.66. The Morgan fingerprint density at radius 1 is 1.21 bits per heavy atom. The molecule has 3 rings (SSSR count). The summed E-state index contributed by atoms with van der Waals surface area (Å²) in [6.07, 6.45) is 0. The van der Waals surface area contributed by atoms with Crippen LogP contribution in [0.3, 0.4) is 0 Å². The van der Waals surface area contributed by atoms with E-state index in [1.807, 2.05) is 30.3 Å². The van der Waals surface area contributed by atoms with Crippen LogP contribution in [0.5, 0.6) is 5.75 Å². The fourth-order valence-electron chi connectivity index (χ4n) is 1.82. The summed E-state index contributed by atoms with van der Waals surface area (Å²) in [4.78, 5) is 4.59. The maximum Gasteiger partial charge on any atom is 0.124 e. The van der Waals surface area contributed by atoms with E-state index in [9.17, 15) is 0 Å². The number of anilines is 1. The molecule has 0 aliphatic rings. The zero-order chi connectivity index (χ0) is 13.4. The van der Waals surface area contributed by atoms with Crippen LogP contribution >= 0.6 is 22.9 Å². The molecule has 0 aliphatic carbocycles. The van der Waals surface area contributed by atoms with Gasteiger partial charge in [0.15, 0.2) is 0 Å². The first-order valence-electron chi connectivity index (χ1n) is 5.67. The van der Waals surface area contributed by atoms with Crippen molar-refractivity contribution in [3.8, 4) is 16.3 Å². The molecule has 0 aliphatic heterocycles. The predicted octanol–water partition coefficient (Wildman–Crippen LogP) is 4.21. The van der Waals surface area contributed by atoms with Gasteiger partial charge in [-0.05, 0) is 36.4 Å². The van der Waals surface area contributed by atoms with E-state index in [4.69, 9.17) is 22.1 Å². The Labute approximate surface area is 119 Å². The summed E-state index contributed by atoms with van der Waals surface area (Å²) in [5, 5.41) is 1.47. The molecule has 2 N–H and O–H groups in total. The maximum absolute atomic E-state index is 6.04. The average molecular weight is 291 g/mol. The van der Waals surface area contributed by atoms with Crippen molar-refractivity contribution in [3.05, 3.63) is 41.4 Å². The summed E-state index contributed by atoms with van der Waals surface area (Å²) in [5.41, 5.74) is 8.22. The van der Waals surface area contributed by atoms with Gasteiger partial charge in [-0.3, -0.25) is 0 Å². The van der Waals surface area contributed by atoms with Crippen molar-refractivity contribution in [1.82, 2.24) is 4.98 Å². The van der Waals surface area contributed by atoms with Gasteiger partial charge < -0.3 is 10.5 Å². The summed E-state index contributed by atoms with van der Waals surface area (Å²) in [6, 6.07) is 11.4. The summed E-state index contributed by atoms with van der Waals surface area (Å²) >= 11 is 7.65. The number of nitrogens with zero attached hydrogens (tertiary/aromatic N) is 1. The number of ether oxygens (including phenoxy) is 1. The second-order valence-corrected chi connectivity index (χ2v) is 5.53. The molecule has 19 heavy (non-hydrogen) atoms. The zero-order valence-electron chi connectivity index (χ0n) is 10.2. The zero-order valence-corrected chi connectivity index (χ0v) is 11.8. The lowest BCUT2D eigenvalue weighted by Crippen LogP contribution is -1.86. The molecule has 0 atom stereocenters. The quantitative estimate of drug-likeness (QED) is 0.719. The second kappa shape index (κ2) is 4.72. The molecule has 0 saturated carbocycles. The van der Waals surface area contributed by atoms with Gasteiger partial charge in [-0.25, -0.2) is 4.98 Å². The molecule has 0 amide bonds. The molecule has 1 aromatic heterocycles. The highest BCUT2D eigenvalue weighted by molar-refractivity contribution is 7.21. The van der Waals surface area contributed by atoms with Crippen molar-refractivity contribution < 1.29 is 4.74 Å². The van der Waals surface area contributed by atoms with E-state index in [1.165, 1.54) is 0 Å². The van der Waals surface area contributed by atoms with Gasteiger partial charge in [0, 0.05) is 5.56 Å². The highest BCUT2D eigenvalue weighted by Gasteiger charge is 2.08. The smallest absolute Gasteiger partial charge is 0.124 e. The summed E-state index contributed by atoms with van der Waals surface area (Å²) in [6.45, 7) is 0. The number of thiazole rings is 1. The molecule has 3 aromatic rings. The van der Waals surface area contributed by atoms with Crippen molar-refractivity contribution in [1.29, 1.82) is 0 Å². The number of halogens is 1. The van der Waals surface area contributed by atoms with Gasteiger partial charge in [-0.15, -0.1) is 11.3 Å². The second-order valence-electron chi connectivity index (χ2n) is 4.09. The Hall–Kier alpha value is -1.78. The SMILES string of the molecule is COc1ccc2nc(-c3ccc(N)c(Cl)c3)sc2c1. The fraction of sp³-hybridized carbons (Fsp3) is 0.0714. The van der Waals surface area contributed by atoms with Crippen LogP contribution in [0, 0.1) is 0 Å². The van der Waals surface area contributed by atoms with E-state index in [0.29, 0.717) is 10.7 Å². The first-order valence-corrected chi connectivity index (χ1v) is 6.87. The molecule has 5 heteroatoms. The Kier molecular flexibility index (Phi) is 3.05. The van der Waals surface area contributed by atoms with Gasteiger partial charge in [0.25, 0.3) is 0 Å². The minimum Gasteiger partial charge on any atom is -0.497 e. The average Bonchev–Trinajstić information content (AvgIpc) is 2.84. The van der Waals surface area contributed by atoms with Crippen molar-refractivity contribution >= 4 is 38.8 Å². The normalized spacial score (nSPS) is 10.8. The first-order chi connectivity index (χ1) is 9.17. The minimum absolute atomic E-state index is 0.550. The van der Waals surface area contributed by atoms with Gasteiger partial charge in [0.1, 0.15) is 10.8 Å². The predicted molar refractivity (Wildman–Crippen MR) is 81.0 cm³/mol. The van der Waals surface area contributed by atoms with Crippen LogP contribution in [0.4, 0.5) is 5.69 Å². The van der Waals surface area contributed by atoms with Crippen LogP contribution in [0.15, 0.2) is 36.4 Å². The van der Waals surface area contributed by atoms with Crippen molar-refractivity contribution in [3.63, 3.8) is 0 Å². The highest BCUT2D eigenvalue weighted by Crippen LogP contribution is 2.34. The monoisotopic (exact) mass is 290 g/mol. The van der Waals surface area contributed by atoms with E-state index >= 15 is 0 Å². The molecule has 96 valence electrons. The van der Waals surface area contributed by atoms with Crippen LogP contribution in [-0.2, 0) is 0 Å². The Bertz CT molecular complexity index is 754. The third kappa shape index (κ3) is 2.25. The lowest BCUT2D eigenvalue weighted by molar-refractivity contribution is 0.415. The van der Waals surface area contributed by atoms with Crippen LogP contribution in [-0.4, -0.2) is 12.1 Å². The summed E-state index contributed by atoms with van der Waals surface area (Å²) in [5.74, 6) is 0.832. The molecule has 0 radical (unpaired) electrons.